The number of rotatable bonds is 6. The number of esters is 1. The molecular formula is C17H17NO4. The maximum absolute atomic E-state index is 11.8. The zero-order valence-corrected chi connectivity index (χ0v) is 12.2. The van der Waals surface area contributed by atoms with Crippen LogP contribution in [0.2, 0.25) is 0 Å². The molecule has 2 rings (SSSR count). The number of carbonyl (C=O) groups is 2. The van der Waals surface area contributed by atoms with E-state index in [0.717, 1.165) is 5.56 Å². The molecule has 22 heavy (non-hydrogen) atoms. The van der Waals surface area contributed by atoms with Gasteiger partial charge < -0.3 is 14.8 Å². The summed E-state index contributed by atoms with van der Waals surface area (Å²) in [6.45, 7) is -0.0765. The van der Waals surface area contributed by atoms with Gasteiger partial charge in [-0.15, -0.1) is 0 Å². The SMILES string of the molecule is COc1ccccc1COC(=O)CNC(=O)c1ccccc1. The summed E-state index contributed by atoms with van der Waals surface area (Å²) in [6, 6.07) is 16.0. The molecule has 0 aliphatic rings. The predicted molar refractivity (Wildman–Crippen MR) is 81.6 cm³/mol. The van der Waals surface area contributed by atoms with E-state index in [2.05, 4.69) is 5.32 Å². The zero-order valence-electron chi connectivity index (χ0n) is 12.2. The first-order chi connectivity index (χ1) is 10.7. The molecule has 0 heterocycles. The molecule has 114 valence electrons. The van der Waals surface area contributed by atoms with E-state index in [9.17, 15) is 9.59 Å². The smallest absolute Gasteiger partial charge is 0.325 e. The summed E-state index contributed by atoms with van der Waals surface area (Å²) in [7, 11) is 1.56. The van der Waals surface area contributed by atoms with E-state index < -0.39 is 5.97 Å². The first-order valence-corrected chi connectivity index (χ1v) is 6.81. The summed E-state index contributed by atoms with van der Waals surface area (Å²) in [6.07, 6.45) is 0. The lowest BCUT2D eigenvalue weighted by molar-refractivity contribution is -0.143. The average Bonchev–Trinajstić information content (AvgIpc) is 2.58. The highest BCUT2D eigenvalue weighted by atomic mass is 16.5. The fourth-order valence-corrected chi connectivity index (χ4v) is 1.88. The second-order valence-electron chi connectivity index (χ2n) is 4.52. The first-order valence-electron chi connectivity index (χ1n) is 6.81. The van der Waals surface area contributed by atoms with Crippen molar-refractivity contribution in [3.63, 3.8) is 0 Å². The standard InChI is InChI=1S/C17H17NO4/c1-21-15-10-6-5-9-14(15)12-22-16(19)11-18-17(20)13-7-3-2-4-8-13/h2-10H,11-12H2,1H3,(H,18,20). The molecule has 0 aromatic heterocycles. The molecule has 0 atom stereocenters. The number of nitrogens with one attached hydrogen (secondary N) is 1. The van der Waals surface area contributed by atoms with Gasteiger partial charge in [-0.3, -0.25) is 9.59 Å². The maximum Gasteiger partial charge on any atom is 0.325 e. The molecule has 0 fully saturated rings. The van der Waals surface area contributed by atoms with Crippen molar-refractivity contribution in [2.75, 3.05) is 13.7 Å². The number of benzene rings is 2. The van der Waals surface area contributed by atoms with Crippen LogP contribution < -0.4 is 10.1 Å². The Hall–Kier alpha value is -2.82. The Balaban J connectivity index is 1.80. The number of para-hydroxylation sites is 1. The van der Waals surface area contributed by atoms with E-state index in [1.807, 2.05) is 24.3 Å². The van der Waals surface area contributed by atoms with Gasteiger partial charge in [-0.2, -0.15) is 0 Å². The van der Waals surface area contributed by atoms with Crippen molar-refractivity contribution in [1.82, 2.24) is 5.32 Å². The molecule has 1 N–H and O–H groups in total. The summed E-state index contributed by atoms with van der Waals surface area (Å²) in [5, 5.41) is 2.52. The summed E-state index contributed by atoms with van der Waals surface area (Å²) in [5.74, 6) is -0.159. The third-order valence-corrected chi connectivity index (χ3v) is 3.01. The molecule has 2 aromatic carbocycles. The van der Waals surface area contributed by atoms with Gasteiger partial charge in [-0.1, -0.05) is 36.4 Å². The Morgan fingerprint density at radius 3 is 2.41 bits per heavy atom. The Morgan fingerprint density at radius 1 is 1.00 bits per heavy atom. The van der Waals surface area contributed by atoms with Gasteiger partial charge in [-0.05, 0) is 18.2 Å². The fraction of sp³-hybridized carbons (Fsp3) is 0.176. The van der Waals surface area contributed by atoms with Crippen LogP contribution in [0.25, 0.3) is 0 Å². The van der Waals surface area contributed by atoms with Crippen LogP contribution >= 0.6 is 0 Å². The van der Waals surface area contributed by atoms with E-state index in [1.165, 1.54) is 0 Å². The normalized spacial score (nSPS) is 9.86. The Labute approximate surface area is 128 Å². The second kappa shape index (κ2) is 7.83. The molecule has 0 radical (unpaired) electrons. The number of hydrogen-bond acceptors (Lipinski definition) is 4. The minimum absolute atomic E-state index is 0.101. The van der Waals surface area contributed by atoms with Crippen molar-refractivity contribution in [2.45, 2.75) is 6.61 Å². The lowest BCUT2D eigenvalue weighted by atomic mass is 10.2. The zero-order chi connectivity index (χ0) is 15.8. The molecule has 0 bridgehead atoms. The largest absolute Gasteiger partial charge is 0.496 e. The molecule has 5 heteroatoms. The minimum Gasteiger partial charge on any atom is -0.496 e. The van der Waals surface area contributed by atoms with Crippen molar-refractivity contribution < 1.29 is 19.1 Å². The fourth-order valence-electron chi connectivity index (χ4n) is 1.88. The van der Waals surface area contributed by atoms with Crippen LogP contribution in [0.3, 0.4) is 0 Å². The van der Waals surface area contributed by atoms with Crippen LogP contribution in [0, 0.1) is 0 Å². The summed E-state index contributed by atoms with van der Waals surface area (Å²) < 4.78 is 10.3. The number of methoxy groups -OCH3 is 1. The average molecular weight is 299 g/mol. The number of ether oxygens (including phenoxy) is 2. The van der Waals surface area contributed by atoms with Gasteiger partial charge in [0.25, 0.3) is 5.91 Å². The van der Waals surface area contributed by atoms with E-state index in [1.54, 1.807) is 37.4 Å². The predicted octanol–water partition coefficient (Wildman–Crippen LogP) is 2.17. The van der Waals surface area contributed by atoms with Gasteiger partial charge in [-0.25, -0.2) is 0 Å². The van der Waals surface area contributed by atoms with Crippen molar-refractivity contribution in [3.8, 4) is 5.75 Å². The minimum atomic E-state index is -0.504. The first kappa shape index (κ1) is 15.6. The Kier molecular flexibility index (Phi) is 5.54. The van der Waals surface area contributed by atoms with Crippen molar-refractivity contribution in [1.29, 1.82) is 0 Å². The third kappa shape index (κ3) is 4.34. The lowest BCUT2D eigenvalue weighted by Crippen LogP contribution is -2.30. The molecule has 5 nitrogen and oxygen atoms in total. The third-order valence-electron chi connectivity index (χ3n) is 3.01. The summed E-state index contributed by atoms with van der Waals surface area (Å²) in [5.41, 5.74) is 1.27. The molecule has 0 aliphatic carbocycles. The number of amides is 1. The number of carbonyl (C=O) groups excluding carboxylic acids is 2. The van der Waals surface area contributed by atoms with Gasteiger partial charge in [0.05, 0.1) is 7.11 Å². The van der Waals surface area contributed by atoms with Crippen LogP contribution in [-0.2, 0) is 16.1 Å². The molecule has 0 saturated heterocycles. The van der Waals surface area contributed by atoms with Gasteiger partial charge in [0.2, 0.25) is 0 Å². The van der Waals surface area contributed by atoms with Crippen LogP contribution in [0.1, 0.15) is 15.9 Å². The van der Waals surface area contributed by atoms with Gasteiger partial charge in [0, 0.05) is 11.1 Å². The van der Waals surface area contributed by atoms with E-state index in [0.29, 0.717) is 11.3 Å². The molecular weight excluding hydrogens is 282 g/mol. The molecule has 0 aliphatic heterocycles. The Morgan fingerprint density at radius 2 is 1.68 bits per heavy atom. The monoisotopic (exact) mass is 299 g/mol. The molecule has 0 unspecified atom stereocenters. The lowest BCUT2D eigenvalue weighted by Gasteiger charge is -2.09. The van der Waals surface area contributed by atoms with Gasteiger partial charge in [0.15, 0.2) is 0 Å². The summed E-state index contributed by atoms with van der Waals surface area (Å²) in [4.78, 5) is 23.5. The van der Waals surface area contributed by atoms with Crippen LogP contribution in [-0.4, -0.2) is 25.5 Å². The van der Waals surface area contributed by atoms with Crippen molar-refractivity contribution in [2.24, 2.45) is 0 Å². The topological polar surface area (TPSA) is 64.6 Å². The van der Waals surface area contributed by atoms with Gasteiger partial charge >= 0.3 is 5.97 Å². The maximum atomic E-state index is 11.8. The molecule has 1 amide bonds. The highest BCUT2D eigenvalue weighted by molar-refractivity contribution is 5.95. The van der Waals surface area contributed by atoms with Crippen LogP contribution in [0.5, 0.6) is 5.75 Å². The second-order valence-corrected chi connectivity index (χ2v) is 4.52. The number of hydrogen-bond donors (Lipinski definition) is 1. The molecule has 0 saturated carbocycles. The Bertz CT molecular complexity index is 640. The van der Waals surface area contributed by atoms with E-state index >= 15 is 0 Å². The highest BCUT2D eigenvalue weighted by Gasteiger charge is 2.09. The highest BCUT2D eigenvalue weighted by Crippen LogP contribution is 2.17. The quantitative estimate of drug-likeness (QED) is 0.830. The molecule has 0 spiro atoms. The van der Waals surface area contributed by atoms with Gasteiger partial charge in [0.1, 0.15) is 18.9 Å². The summed E-state index contributed by atoms with van der Waals surface area (Å²) >= 11 is 0. The van der Waals surface area contributed by atoms with Crippen LogP contribution in [0.15, 0.2) is 54.6 Å². The molecule has 2 aromatic rings. The van der Waals surface area contributed by atoms with Crippen molar-refractivity contribution >= 4 is 11.9 Å². The van der Waals surface area contributed by atoms with Crippen molar-refractivity contribution in [3.05, 3.63) is 65.7 Å². The van der Waals surface area contributed by atoms with E-state index in [4.69, 9.17) is 9.47 Å². The van der Waals surface area contributed by atoms with E-state index in [-0.39, 0.29) is 19.1 Å². The van der Waals surface area contributed by atoms with Crippen LogP contribution in [0.4, 0.5) is 0 Å².